The lowest BCUT2D eigenvalue weighted by atomic mass is 10.1. The van der Waals surface area contributed by atoms with E-state index in [1.165, 1.54) is 17.5 Å². The van der Waals surface area contributed by atoms with E-state index in [2.05, 4.69) is 52.5 Å². The molecular formula is C15H21N3. The van der Waals surface area contributed by atoms with Gasteiger partial charge in [-0.2, -0.15) is 5.10 Å². The van der Waals surface area contributed by atoms with Crippen LogP contribution in [0, 0.1) is 0 Å². The van der Waals surface area contributed by atoms with E-state index in [1.807, 2.05) is 19.3 Å². The zero-order valence-electron chi connectivity index (χ0n) is 11.1. The van der Waals surface area contributed by atoms with Crippen LogP contribution in [0.3, 0.4) is 0 Å². The predicted octanol–water partition coefficient (Wildman–Crippen LogP) is 3.11. The minimum atomic E-state index is 0.454. The molecule has 1 aromatic carbocycles. The SMILES string of the molecule is CNCCCC(C)n1cc(-c2ccccc2)cn1. The van der Waals surface area contributed by atoms with Crippen molar-refractivity contribution < 1.29 is 0 Å². The van der Waals surface area contributed by atoms with Gasteiger partial charge in [-0.3, -0.25) is 4.68 Å². The molecule has 1 heterocycles. The van der Waals surface area contributed by atoms with E-state index in [-0.39, 0.29) is 0 Å². The first kappa shape index (κ1) is 12.8. The van der Waals surface area contributed by atoms with E-state index >= 15 is 0 Å². The molecule has 0 saturated heterocycles. The molecule has 1 aromatic heterocycles. The summed E-state index contributed by atoms with van der Waals surface area (Å²) in [5.41, 5.74) is 2.42. The third-order valence-corrected chi connectivity index (χ3v) is 3.21. The summed E-state index contributed by atoms with van der Waals surface area (Å²) < 4.78 is 2.07. The van der Waals surface area contributed by atoms with Gasteiger partial charge in [0.1, 0.15) is 0 Å². The molecule has 1 N–H and O–H groups in total. The number of rotatable bonds is 6. The third-order valence-electron chi connectivity index (χ3n) is 3.21. The van der Waals surface area contributed by atoms with Crippen molar-refractivity contribution in [1.82, 2.24) is 15.1 Å². The number of hydrogen-bond acceptors (Lipinski definition) is 2. The predicted molar refractivity (Wildman–Crippen MR) is 75.5 cm³/mol. The molecule has 0 aliphatic heterocycles. The van der Waals surface area contributed by atoms with Crippen LogP contribution in [-0.4, -0.2) is 23.4 Å². The summed E-state index contributed by atoms with van der Waals surface area (Å²) >= 11 is 0. The molecule has 0 saturated carbocycles. The molecule has 18 heavy (non-hydrogen) atoms. The van der Waals surface area contributed by atoms with Crippen molar-refractivity contribution in [3.63, 3.8) is 0 Å². The highest BCUT2D eigenvalue weighted by atomic mass is 15.3. The van der Waals surface area contributed by atoms with Gasteiger partial charge in [0.15, 0.2) is 0 Å². The van der Waals surface area contributed by atoms with Crippen LogP contribution in [0.1, 0.15) is 25.8 Å². The Bertz CT molecular complexity index is 462. The van der Waals surface area contributed by atoms with Crippen molar-refractivity contribution >= 4 is 0 Å². The topological polar surface area (TPSA) is 29.9 Å². The van der Waals surface area contributed by atoms with Gasteiger partial charge in [0.25, 0.3) is 0 Å². The Kier molecular flexibility index (Phi) is 4.53. The van der Waals surface area contributed by atoms with E-state index in [4.69, 9.17) is 0 Å². The van der Waals surface area contributed by atoms with E-state index in [0.29, 0.717) is 6.04 Å². The van der Waals surface area contributed by atoms with Crippen molar-refractivity contribution in [2.75, 3.05) is 13.6 Å². The van der Waals surface area contributed by atoms with Crippen molar-refractivity contribution in [3.8, 4) is 11.1 Å². The van der Waals surface area contributed by atoms with E-state index in [9.17, 15) is 0 Å². The summed E-state index contributed by atoms with van der Waals surface area (Å²) in [6.45, 7) is 3.29. The van der Waals surface area contributed by atoms with Crippen molar-refractivity contribution in [2.24, 2.45) is 0 Å². The summed E-state index contributed by atoms with van der Waals surface area (Å²) in [4.78, 5) is 0. The normalized spacial score (nSPS) is 12.6. The van der Waals surface area contributed by atoms with Crippen LogP contribution < -0.4 is 5.32 Å². The summed E-state index contributed by atoms with van der Waals surface area (Å²) in [6, 6.07) is 10.8. The molecule has 0 radical (unpaired) electrons. The first-order valence-corrected chi connectivity index (χ1v) is 6.55. The monoisotopic (exact) mass is 243 g/mol. The van der Waals surface area contributed by atoms with E-state index in [0.717, 1.165) is 13.0 Å². The first-order valence-electron chi connectivity index (χ1n) is 6.55. The molecule has 0 bridgehead atoms. The molecule has 1 atom stereocenters. The van der Waals surface area contributed by atoms with Crippen LogP contribution in [0.4, 0.5) is 0 Å². The van der Waals surface area contributed by atoms with Crippen LogP contribution in [-0.2, 0) is 0 Å². The van der Waals surface area contributed by atoms with Gasteiger partial charge in [-0.05, 0) is 38.9 Å². The molecule has 0 spiro atoms. The Balaban J connectivity index is 2.02. The Labute approximate surface area is 109 Å². The maximum atomic E-state index is 4.47. The largest absolute Gasteiger partial charge is 0.320 e. The van der Waals surface area contributed by atoms with Crippen molar-refractivity contribution in [3.05, 3.63) is 42.7 Å². The standard InChI is InChI=1S/C15H21N3/c1-13(7-6-10-16-2)18-12-15(11-17-18)14-8-4-3-5-9-14/h3-5,8-9,11-13,16H,6-7,10H2,1-2H3. The molecule has 1 unspecified atom stereocenters. The minimum Gasteiger partial charge on any atom is -0.320 e. The fourth-order valence-corrected chi connectivity index (χ4v) is 2.07. The van der Waals surface area contributed by atoms with Crippen LogP contribution in [0.5, 0.6) is 0 Å². The Morgan fingerprint density at radius 1 is 1.22 bits per heavy atom. The average molecular weight is 243 g/mol. The second-order valence-electron chi connectivity index (χ2n) is 4.67. The summed E-state index contributed by atoms with van der Waals surface area (Å²) in [7, 11) is 1.99. The second kappa shape index (κ2) is 6.36. The van der Waals surface area contributed by atoms with Crippen molar-refractivity contribution in [1.29, 1.82) is 0 Å². The highest BCUT2D eigenvalue weighted by Gasteiger charge is 2.07. The highest BCUT2D eigenvalue weighted by molar-refractivity contribution is 5.61. The molecule has 0 amide bonds. The van der Waals surface area contributed by atoms with Gasteiger partial charge >= 0.3 is 0 Å². The van der Waals surface area contributed by atoms with Gasteiger partial charge in [0, 0.05) is 17.8 Å². The number of nitrogens with one attached hydrogen (secondary N) is 1. The molecule has 3 heteroatoms. The summed E-state index contributed by atoms with van der Waals surface area (Å²) in [5, 5.41) is 7.64. The third kappa shape index (κ3) is 3.20. The van der Waals surface area contributed by atoms with Crippen LogP contribution in [0.25, 0.3) is 11.1 Å². The molecule has 96 valence electrons. The lowest BCUT2D eigenvalue weighted by Crippen LogP contribution is -2.11. The fraction of sp³-hybridized carbons (Fsp3) is 0.400. The van der Waals surface area contributed by atoms with Crippen molar-refractivity contribution in [2.45, 2.75) is 25.8 Å². The van der Waals surface area contributed by atoms with Crippen LogP contribution in [0.15, 0.2) is 42.7 Å². The molecule has 3 nitrogen and oxygen atoms in total. The zero-order chi connectivity index (χ0) is 12.8. The summed E-state index contributed by atoms with van der Waals surface area (Å²) in [6.07, 6.45) is 6.41. The molecule has 2 rings (SSSR count). The van der Waals surface area contributed by atoms with Gasteiger partial charge in [0.2, 0.25) is 0 Å². The quantitative estimate of drug-likeness (QED) is 0.790. The summed E-state index contributed by atoms with van der Waals surface area (Å²) in [5.74, 6) is 0. The van der Waals surface area contributed by atoms with Gasteiger partial charge in [-0.1, -0.05) is 30.3 Å². The Hall–Kier alpha value is -1.61. The maximum Gasteiger partial charge on any atom is 0.0568 e. The number of nitrogens with zero attached hydrogens (tertiary/aromatic N) is 2. The first-order chi connectivity index (χ1) is 8.81. The van der Waals surface area contributed by atoms with E-state index in [1.54, 1.807) is 0 Å². The fourth-order valence-electron chi connectivity index (χ4n) is 2.07. The maximum absolute atomic E-state index is 4.47. The Morgan fingerprint density at radius 3 is 2.72 bits per heavy atom. The molecule has 2 aromatic rings. The molecule has 0 aliphatic rings. The van der Waals surface area contributed by atoms with Crippen LogP contribution >= 0.6 is 0 Å². The smallest absolute Gasteiger partial charge is 0.0568 e. The lowest BCUT2D eigenvalue weighted by Gasteiger charge is -2.11. The van der Waals surface area contributed by atoms with Gasteiger partial charge in [0.05, 0.1) is 6.20 Å². The second-order valence-corrected chi connectivity index (χ2v) is 4.67. The highest BCUT2D eigenvalue weighted by Crippen LogP contribution is 2.20. The molecule has 0 aliphatic carbocycles. The Morgan fingerprint density at radius 2 is 2.00 bits per heavy atom. The zero-order valence-corrected chi connectivity index (χ0v) is 11.1. The number of aromatic nitrogens is 2. The van der Waals surface area contributed by atoms with Gasteiger partial charge in [-0.25, -0.2) is 0 Å². The molecular weight excluding hydrogens is 222 g/mol. The van der Waals surface area contributed by atoms with Gasteiger partial charge in [-0.15, -0.1) is 0 Å². The van der Waals surface area contributed by atoms with Crippen LogP contribution in [0.2, 0.25) is 0 Å². The minimum absolute atomic E-state index is 0.454. The van der Waals surface area contributed by atoms with E-state index < -0.39 is 0 Å². The number of benzene rings is 1. The average Bonchev–Trinajstić information content (AvgIpc) is 2.89. The number of hydrogen-bond donors (Lipinski definition) is 1. The van der Waals surface area contributed by atoms with Gasteiger partial charge < -0.3 is 5.32 Å². The lowest BCUT2D eigenvalue weighted by molar-refractivity contribution is 0.443. The molecule has 0 fully saturated rings.